The van der Waals surface area contributed by atoms with Crippen LogP contribution in [0.3, 0.4) is 0 Å². The Labute approximate surface area is 151 Å². The van der Waals surface area contributed by atoms with Crippen LogP contribution >= 0.6 is 11.8 Å². The molecule has 0 aliphatic carbocycles. The number of rotatable bonds is 16. The summed E-state index contributed by atoms with van der Waals surface area (Å²) in [6.45, 7) is 0. The van der Waals surface area contributed by atoms with Gasteiger partial charge < -0.3 is 0 Å². The second-order valence-corrected chi connectivity index (χ2v) is 6.38. The largest absolute Gasteiger partial charge is 0.237 e. The highest BCUT2D eigenvalue weighted by Crippen LogP contribution is 2.14. The summed E-state index contributed by atoms with van der Waals surface area (Å²) in [5.74, 6) is 2.10. The van der Waals surface area contributed by atoms with Crippen LogP contribution in [0.15, 0.2) is 20.0 Å². The highest BCUT2D eigenvalue weighted by Gasteiger charge is 2.04. The third-order valence-corrected chi connectivity index (χ3v) is 4.46. The Morgan fingerprint density at radius 2 is 0.920 bits per heavy atom. The molecule has 0 aromatic rings. The first-order chi connectivity index (χ1) is 12.3. The molecule has 0 bridgehead atoms. The van der Waals surface area contributed by atoms with E-state index in [-0.39, 0.29) is 0 Å². The molecule has 0 aromatic heterocycles. The average molecular weight is 366 g/mol. The van der Waals surface area contributed by atoms with Gasteiger partial charge in [-0.1, -0.05) is 12.8 Å². The summed E-state index contributed by atoms with van der Waals surface area (Å²) in [5, 5.41) is 0. The van der Waals surface area contributed by atoms with Crippen LogP contribution in [-0.4, -0.2) is 48.2 Å². The Morgan fingerprint density at radius 1 is 0.560 bits per heavy atom. The predicted octanol–water partition coefficient (Wildman–Crippen LogP) is 2.84. The number of nitrogens with zero attached hydrogens (tertiary/aromatic N) is 4. The molecule has 0 saturated heterocycles. The van der Waals surface area contributed by atoms with Crippen LogP contribution in [0, 0.1) is 0 Å². The number of hydrogen-bond acceptors (Lipinski definition) is 9. The van der Waals surface area contributed by atoms with Crippen molar-refractivity contribution in [2.24, 2.45) is 20.0 Å². The van der Waals surface area contributed by atoms with Crippen molar-refractivity contribution < 1.29 is 19.2 Å². The zero-order valence-corrected chi connectivity index (χ0v) is 14.9. The first-order valence-electron chi connectivity index (χ1n) is 8.14. The maximum absolute atomic E-state index is 10.1. The Kier molecular flexibility index (Phi) is 16.7. The lowest BCUT2D eigenvalue weighted by Crippen LogP contribution is -2.00. The lowest BCUT2D eigenvalue weighted by molar-refractivity contribution is 0.531. The third-order valence-electron chi connectivity index (χ3n) is 3.31. The molecule has 0 aliphatic rings. The molecule has 0 fully saturated rings. The predicted molar refractivity (Wildman–Crippen MR) is 94.3 cm³/mol. The van der Waals surface area contributed by atoms with Gasteiger partial charge in [0.15, 0.2) is 12.3 Å². The zero-order chi connectivity index (χ0) is 18.6. The van der Waals surface area contributed by atoms with Crippen molar-refractivity contribution >= 4 is 36.1 Å². The summed E-state index contributed by atoms with van der Waals surface area (Å²) < 4.78 is 0. The van der Waals surface area contributed by atoms with Gasteiger partial charge in [-0.3, -0.25) is 0 Å². The SMILES string of the molecule is O=C=NC(CCCCCSCCCCCC(N=C=O)N=C=O)N=C=O. The Hall–Kier alpha value is -2.13. The van der Waals surface area contributed by atoms with Gasteiger partial charge in [-0.15, -0.1) is 0 Å². The lowest BCUT2D eigenvalue weighted by Gasteiger charge is -2.05. The molecule has 0 saturated carbocycles. The Morgan fingerprint density at radius 3 is 1.24 bits per heavy atom. The summed E-state index contributed by atoms with van der Waals surface area (Å²) >= 11 is 1.87. The third kappa shape index (κ3) is 15.2. The van der Waals surface area contributed by atoms with E-state index in [9.17, 15) is 19.2 Å². The van der Waals surface area contributed by atoms with E-state index in [1.54, 1.807) is 0 Å². The fraction of sp³-hybridized carbons (Fsp3) is 0.750. The molecular formula is C16H22N4O4S. The summed E-state index contributed by atoms with van der Waals surface area (Å²) in [4.78, 5) is 54.3. The quantitative estimate of drug-likeness (QED) is 0.236. The maximum atomic E-state index is 10.1. The van der Waals surface area contributed by atoms with Crippen LogP contribution < -0.4 is 0 Å². The van der Waals surface area contributed by atoms with Crippen molar-refractivity contribution in [1.29, 1.82) is 0 Å². The van der Waals surface area contributed by atoms with Crippen LogP contribution in [-0.2, 0) is 19.2 Å². The van der Waals surface area contributed by atoms with E-state index in [4.69, 9.17) is 0 Å². The topological polar surface area (TPSA) is 118 Å². The molecule has 9 heteroatoms. The molecule has 0 atom stereocenters. The van der Waals surface area contributed by atoms with E-state index in [1.807, 2.05) is 11.8 Å². The van der Waals surface area contributed by atoms with Crippen molar-refractivity contribution in [3.63, 3.8) is 0 Å². The molecule has 0 radical (unpaired) electrons. The second-order valence-electron chi connectivity index (χ2n) is 5.15. The van der Waals surface area contributed by atoms with Crippen molar-refractivity contribution in [2.45, 2.75) is 63.7 Å². The number of aliphatic imine (C=N–C) groups is 4. The normalized spacial score (nSPS) is 11.8. The molecule has 0 spiro atoms. The molecule has 0 aliphatic heterocycles. The van der Waals surface area contributed by atoms with E-state index >= 15 is 0 Å². The molecule has 0 unspecified atom stereocenters. The summed E-state index contributed by atoms with van der Waals surface area (Å²) in [6.07, 6.45) is 11.2. The maximum Gasteiger partial charge on any atom is 0.237 e. The van der Waals surface area contributed by atoms with Gasteiger partial charge in [-0.25, -0.2) is 19.2 Å². The monoisotopic (exact) mass is 366 g/mol. The highest BCUT2D eigenvalue weighted by molar-refractivity contribution is 7.99. The van der Waals surface area contributed by atoms with Gasteiger partial charge in [0, 0.05) is 0 Å². The highest BCUT2D eigenvalue weighted by atomic mass is 32.2. The molecule has 8 nitrogen and oxygen atoms in total. The Bertz CT molecular complexity index is 462. The van der Waals surface area contributed by atoms with Crippen LogP contribution in [0.4, 0.5) is 0 Å². The first kappa shape index (κ1) is 22.9. The fourth-order valence-corrected chi connectivity index (χ4v) is 3.10. The number of thioether (sulfide) groups is 1. The van der Waals surface area contributed by atoms with Crippen molar-refractivity contribution in [3.05, 3.63) is 0 Å². The standard InChI is InChI=1S/C16H22N4O4S/c21-11-17-15(18-12-22)7-3-1-5-9-25-10-6-2-4-8-16(19-13-23)20-14-24/h15-16H,1-10H2. The molecular weight excluding hydrogens is 344 g/mol. The molecule has 0 aromatic carbocycles. The minimum absolute atomic E-state index is 0.558. The van der Waals surface area contributed by atoms with Gasteiger partial charge in [0.2, 0.25) is 24.3 Å². The fourth-order valence-electron chi connectivity index (χ4n) is 2.08. The van der Waals surface area contributed by atoms with Crippen LogP contribution in [0.25, 0.3) is 0 Å². The van der Waals surface area contributed by atoms with E-state index in [2.05, 4.69) is 20.0 Å². The number of unbranched alkanes of at least 4 members (excludes halogenated alkanes) is 4. The molecule has 0 rings (SSSR count). The first-order valence-corrected chi connectivity index (χ1v) is 9.29. The molecule has 25 heavy (non-hydrogen) atoms. The molecule has 0 amide bonds. The molecule has 0 heterocycles. The number of isocyanates is 4. The van der Waals surface area contributed by atoms with E-state index in [0.717, 1.165) is 50.0 Å². The van der Waals surface area contributed by atoms with E-state index in [0.29, 0.717) is 12.8 Å². The van der Waals surface area contributed by atoms with Gasteiger partial charge in [0.05, 0.1) is 0 Å². The van der Waals surface area contributed by atoms with Crippen LogP contribution in [0.1, 0.15) is 51.4 Å². The van der Waals surface area contributed by atoms with Crippen molar-refractivity contribution in [2.75, 3.05) is 11.5 Å². The van der Waals surface area contributed by atoms with Gasteiger partial charge in [-0.2, -0.15) is 31.7 Å². The van der Waals surface area contributed by atoms with Gasteiger partial charge in [0.1, 0.15) is 0 Å². The lowest BCUT2D eigenvalue weighted by atomic mass is 10.2. The number of hydrogen-bond donors (Lipinski definition) is 0. The smallest absolute Gasteiger partial charge is 0.211 e. The summed E-state index contributed by atoms with van der Waals surface area (Å²) in [6, 6.07) is 0. The average Bonchev–Trinajstić information content (AvgIpc) is 2.60. The molecule has 0 N–H and O–H groups in total. The van der Waals surface area contributed by atoms with Crippen molar-refractivity contribution in [3.8, 4) is 0 Å². The summed E-state index contributed by atoms with van der Waals surface area (Å²) in [7, 11) is 0. The van der Waals surface area contributed by atoms with Crippen LogP contribution in [0.5, 0.6) is 0 Å². The Balaban J connectivity index is 3.52. The van der Waals surface area contributed by atoms with Gasteiger partial charge in [0.25, 0.3) is 0 Å². The van der Waals surface area contributed by atoms with E-state index < -0.39 is 12.3 Å². The van der Waals surface area contributed by atoms with Crippen molar-refractivity contribution in [1.82, 2.24) is 0 Å². The minimum atomic E-state index is -0.640. The van der Waals surface area contributed by atoms with E-state index in [1.165, 1.54) is 24.3 Å². The van der Waals surface area contributed by atoms with Gasteiger partial charge in [-0.05, 0) is 50.0 Å². The minimum Gasteiger partial charge on any atom is -0.211 e. The van der Waals surface area contributed by atoms with Crippen LogP contribution in [0.2, 0.25) is 0 Å². The second kappa shape index (κ2) is 18.2. The van der Waals surface area contributed by atoms with Gasteiger partial charge >= 0.3 is 0 Å². The number of carbonyl (C=O) groups excluding carboxylic acids is 4. The summed E-state index contributed by atoms with van der Waals surface area (Å²) in [5.41, 5.74) is 0. The zero-order valence-electron chi connectivity index (χ0n) is 14.1. The molecule has 136 valence electrons.